The Hall–Kier alpha value is -0.530. The van der Waals surface area contributed by atoms with E-state index in [9.17, 15) is 5.21 Å². The minimum absolute atomic E-state index is 0.708. The molecular weight excluding hydrogens is 102 g/mol. The zero-order chi connectivity index (χ0) is 5.82. The van der Waals surface area contributed by atoms with Crippen molar-refractivity contribution in [1.82, 2.24) is 0 Å². The Kier molecular flexibility index (Phi) is 1.89. The molecule has 0 spiro atoms. The highest BCUT2D eigenvalue weighted by Gasteiger charge is 1.99. The number of hydrogen-bond acceptors (Lipinski definition) is 1. The van der Waals surface area contributed by atoms with Gasteiger partial charge in [0.25, 0.3) is 0 Å². The van der Waals surface area contributed by atoms with Crippen molar-refractivity contribution in [2.45, 2.75) is 25.7 Å². The van der Waals surface area contributed by atoms with E-state index in [1.54, 1.807) is 6.21 Å². The Balaban J connectivity index is 2.36. The van der Waals surface area contributed by atoms with Gasteiger partial charge >= 0.3 is 0 Å². The molecule has 0 aromatic carbocycles. The van der Waals surface area contributed by atoms with Crippen molar-refractivity contribution >= 4 is 6.21 Å². The zero-order valence-electron chi connectivity index (χ0n) is 4.97. The number of hydrogen-bond donors (Lipinski definition) is 0. The first-order valence-corrected chi connectivity index (χ1v) is 3.17. The van der Waals surface area contributed by atoms with Crippen LogP contribution in [0, 0.1) is 5.21 Å². The summed E-state index contributed by atoms with van der Waals surface area (Å²) in [5.41, 5.74) is 0. The van der Waals surface area contributed by atoms with Gasteiger partial charge in [0.15, 0.2) is 12.8 Å². The number of nitrogens with zero attached hydrogens (tertiary/aromatic N) is 1. The molecule has 0 fully saturated rings. The average molecular weight is 113 g/mol. The van der Waals surface area contributed by atoms with Crippen LogP contribution in [0.25, 0.3) is 0 Å². The zero-order valence-corrected chi connectivity index (χ0v) is 4.97. The van der Waals surface area contributed by atoms with Gasteiger partial charge in [-0.25, -0.2) is 4.74 Å². The summed E-state index contributed by atoms with van der Waals surface area (Å²) >= 11 is 0. The summed E-state index contributed by atoms with van der Waals surface area (Å²) in [6.07, 6.45) is 6.20. The van der Waals surface area contributed by atoms with Crippen LogP contribution in [0.5, 0.6) is 0 Å². The second-order valence-corrected chi connectivity index (χ2v) is 2.17. The fraction of sp³-hybridized carbons (Fsp3) is 0.833. The van der Waals surface area contributed by atoms with Gasteiger partial charge in [0.2, 0.25) is 0 Å². The summed E-state index contributed by atoms with van der Waals surface area (Å²) in [5.74, 6) is 0. The smallest absolute Gasteiger partial charge is 0.153 e. The fourth-order valence-corrected chi connectivity index (χ4v) is 0.915. The van der Waals surface area contributed by atoms with Gasteiger partial charge < -0.3 is 5.21 Å². The summed E-state index contributed by atoms with van der Waals surface area (Å²) in [7, 11) is 0. The molecule has 0 bridgehead atoms. The van der Waals surface area contributed by atoms with E-state index in [1.165, 1.54) is 12.8 Å². The Morgan fingerprint density at radius 3 is 3.00 bits per heavy atom. The van der Waals surface area contributed by atoms with Gasteiger partial charge in [0.1, 0.15) is 0 Å². The molecule has 1 heterocycles. The van der Waals surface area contributed by atoms with Crippen molar-refractivity contribution in [2.75, 3.05) is 6.54 Å². The van der Waals surface area contributed by atoms with Gasteiger partial charge in [-0.15, -0.1) is 0 Å². The van der Waals surface area contributed by atoms with Crippen molar-refractivity contribution < 1.29 is 4.74 Å². The number of rotatable bonds is 0. The second-order valence-electron chi connectivity index (χ2n) is 2.17. The van der Waals surface area contributed by atoms with E-state index in [4.69, 9.17) is 0 Å². The molecule has 8 heavy (non-hydrogen) atoms. The van der Waals surface area contributed by atoms with E-state index in [0.717, 1.165) is 17.6 Å². The standard InChI is InChI=1S/C6H11NO/c8-7-5-3-1-2-4-6-7/h5H,1-4,6H2. The van der Waals surface area contributed by atoms with Crippen LogP contribution in [0.15, 0.2) is 0 Å². The maximum Gasteiger partial charge on any atom is 0.153 e. The van der Waals surface area contributed by atoms with Gasteiger partial charge in [-0.2, -0.15) is 0 Å². The maximum atomic E-state index is 10.5. The van der Waals surface area contributed by atoms with Crippen LogP contribution in [-0.2, 0) is 0 Å². The molecule has 0 aromatic rings. The molecular formula is C6H11NO. The van der Waals surface area contributed by atoms with E-state index < -0.39 is 0 Å². The van der Waals surface area contributed by atoms with Crippen LogP contribution in [0.3, 0.4) is 0 Å². The third-order valence-electron chi connectivity index (χ3n) is 1.42. The minimum atomic E-state index is 0.708. The number of hydroxylamine groups is 1. The summed E-state index contributed by atoms with van der Waals surface area (Å²) in [4.78, 5) is 0. The van der Waals surface area contributed by atoms with Crippen molar-refractivity contribution in [3.05, 3.63) is 5.21 Å². The molecule has 0 N–H and O–H groups in total. The molecule has 1 rings (SSSR count). The lowest BCUT2D eigenvalue weighted by Crippen LogP contribution is -2.02. The Bertz CT molecular complexity index is 98.7. The monoisotopic (exact) mass is 113 g/mol. The van der Waals surface area contributed by atoms with Crippen LogP contribution in [0.2, 0.25) is 0 Å². The highest BCUT2D eigenvalue weighted by atomic mass is 16.5. The van der Waals surface area contributed by atoms with Gasteiger partial charge in [-0.1, -0.05) is 0 Å². The molecule has 0 aromatic heterocycles. The summed E-state index contributed by atoms with van der Waals surface area (Å²) in [6.45, 7) is 0.708. The van der Waals surface area contributed by atoms with Crippen molar-refractivity contribution in [3.8, 4) is 0 Å². The SMILES string of the molecule is [O-][N+]1=CCCCCC1. The van der Waals surface area contributed by atoms with Crippen molar-refractivity contribution in [3.63, 3.8) is 0 Å². The van der Waals surface area contributed by atoms with Crippen LogP contribution in [0.1, 0.15) is 25.7 Å². The molecule has 0 aliphatic carbocycles. The van der Waals surface area contributed by atoms with Gasteiger partial charge in [-0.3, -0.25) is 0 Å². The molecule has 0 saturated carbocycles. The van der Waals surface area contributed by atoms with E-state index in [1.807, 2.05) is 0 Å². The molecule has 1 aliphatic heterocycles. The molecule has 0 saturated heterocycles. The van der Waals surface area contributed by atoms with E-state index in [0.29, 0.717) is 6.54 Å². The van der Waals surface area contributed by atoms with Gasteiger partial charge in [-0.05, 0) is 12.8 Å². The topological polar surface area (TPSA) is 26.1 Å². The van der Waals surface area contributed by atoms with E-state index in [2.05, 4.69) is 0 Å². The van der Waals surface area contributed by atoms with Crippen molar-refractivity contribution in [1.29, 1.82) is 0 Å². The van der Waals surface area contributed by atoms with Gasteiger partial charge in [0, 0.05) is 12.8 Å². The van der Waals surface area contributed by atoms with E-state index in [-0.39, 0.29) is 0 Å². The second kappa shape index (κ2) is 2.70. The largest absolute Gasteiger partial charge is 0.624 e. The lowest BCUT2D eigenvalue weighted by atomic mass is 10.2. The highest BCUT2D eigenvalue weighted by molar-refractivity contribution is 5.51. The summed E-state index contributed by atoms with van der Waals surface area (Å²) in [6, 6.07) is 0. The molecule has 0 atom stereocenters. The maximum absolute atomic E-state index is 10.5. The van der Waals surface area contributed by atoms with Crippen LogP contribution in [0.4, 0.5) is 0 Å². The highest BCUT2D eigenvalue weighted by Crippen LogP contribution is 2.01. The summed E-state index contributed by atoms with van der Waals surface area (Å²) < 4.78 is 1.05. The first-order valence-electron chi connectivity index (χ1n) is 3.17. The van der Waals surface area contributed by atoms with Gasteiger partial charge in [0.05, 0.1) is 0 Å². The average Bonchev–Trinajstić information content (AvgIpc) is 1.94. The molecule has 0 radical (unpaired) electrons. The lowest BCUT2D eigenvalue weighted by molar-refractivity contribution is -0.453. The van der Waals surface area contributed by atoms with Crippen molar-refractivity contribution in [2.24, 2.45) is 0 Å². The third kappa shape index (κ3) is 1.52. The normalized spacial score (nSPS) is 21.8. The molecule has 46 valence electrons. The minimum Gasteiger partial charge on any atom is -0.624 e. The molecule has 2 heteroatoms. The van der Waals surface area contributed by atoms with Crippen LogP contribution >= 0.6 is 0 Å². The summed E-state index contributed by atoms with van der Waals surface area (Å²) in [5, 5.41) is 10.5. The first-order chi connectivity index (χ1) is 3.89. The third-order valence-corrected chi connectivity index (χ3v) is 1.42. The van der Waals surface area contributed by atoms with Crippen LogP contribution < -0.4 is 0 Å². The predicted octanol–water partition coefficient (Wildman–Crippen LogP) is 1.14. The molecule has 0 unspecified atom stereocenters. The van der Waals surface area contributed by atoms with E-state index >= 15 is 0 Å². The Morgan fingerprint density at radius 2 is 2.12 bits per heavy atom. The predicted molar refractivity (Wildman–Crippen MR) is 33.0 cm³/mol. The molecule has 0 amide bonds. The quantitative estimate of drug-likeness (QED) is 0.341. The van der Waals surface area contributed by atoms with Crippen LogP contribution in [-0.4, -0.2) is 17.5 Å². The molecule has 2 nitrogen and oxygen atoms in total. The Labute approximate surface area is 49.4 Å². The Morgan fingerprint density at radius 1 is 1.25 bits per heavy atom. The first kappa shape index (κ1) is 5.60. The fourth-order valence-electron chi connectivity index (χ4n) is 0.915. The lowest BCUT2D eigenvalue weighted by Gasteiger charge is -1.97. The molecule has 1 aliphatic rings.